The van der Waals surface area contributed by atoms with E-state index in [9.17, 15) is 4.79 Å². The molecule has 0 bridgehead atoms. The maximum Gasteiger partial charge on any atom is 0.258 e. The van der Waals surface area contributed by atoms with E-state index in [2.05, 4.69) is 22.0 Å². The lowest BCUT2D eigenvalue weighted by atomic mass is 10.0. The Hall–Kier alpha value is -1.09. The van der Waals surface area contributed by atoms with Crippen molar-refractivity contribution in [3.05, 3.63) is 47.2 Å². The summed E-state index contributed by atoms with van der Waals surface area (Å²) in [5.74, 6) is 0.145. The van der Waals surface area contributed by atoms with Crippen LogP contribution in [-0.4, -0.2) is 22.7 Å². The molecule has 1 aromatic rings. The molecule has 0 N–H and O–H groups in total. The number of carbonyl (C=O) groups is 1. The van der Waals surface area contributed by atoms with Gasteiger partial charge in [-0.05, 0) is 37.8 Å². The van der Waals surface area contributed by atoms with Gasteiger partial charge in [-0.15, -0.1) is 0 Å². The lowest BCUT2D eigenvalue weighted by molar-refractivity contribution is 0.0805. The van der Waals surface area contributed by atoms with E-state index in [1.165, 1.54) is 0 Å². The van der Waals surface area contributed by atoms with E-state index in [0.717, 1.165) is 48.0 Å². The van der Waals surface area contributed by atoms with E-state index in [-0.39, 0.29) is 5.91 Å². The highest BCUT2D eigenvalue weighted by Crippen LogP contribution is 2.21. The van der Waals surface area contributed by atoms with Crippen molar-refractivity contribution in [2.24, 2.45) is 0 Å². The van der Waals surface area contributed by atoms with E-state index in [0.29, 0.717) is 0 Å². The number of halogens is 1. The number of hydrogen-bond acceptors (Lipinski definition) is 1. The van der Waals surface area contributed by atoms with Gasteiger partial charge in [0.25, 0.3) is 5.91 Å². The fourth-order valence-corrected chi connectivity index (χ4v) is 2.62. The number of alkyl halides is 1. The number of hydrogen-bond donors (Lipinski definition) is 0. The van der Waals surface area contributed by atoms with Crippen LogP contribution in [0.1, 0.15) is 35.7 Å². The molecule has 2 nitrogen and oxygen atoms in total. The van der Waals surface area contributed by atoms with Gasteiger partial charge in [0, 0.05) is 23.1 Å². The summed E-state index contributed by atoms with van der Waals surface area (Å²) in [5, 5.41) is 0.994. The molecule has 1 amide bonds. The van der Waals surface area contributed by atoms with Crippen molar-refractivity contribution in [2.75, 3.05) is 11.9 Å². The summed E-state index contributed by atoms with van der Waals surface area (Å²) in [4.78, 5) is 14.4. The summed E-state index contributed by atoms with van der Waals surface area (Å²) in [7, 11) is 0. The minimum Gasteiger partial charge on any atom is -0.313 e. The largest absolute Gasteiger partial charge is 0.313 e. The number of nitrogens with zero attached hydrogens (tertiary/aromatic N) is 1. The Morgan fingerprint density at radius 3 is 2.83 bits per heavy atom. The first-order valence-electron chi connectivity index (χ1n) is 6.36. The Kier molecular flexibility index (Phi) is 4.59. The van der Waals surface area contributed by atoms with Gasteiger partial charge in [-0.2, -0.15) is 0 Å². The first-order chi connectivity index (χ1) is 8.74. The van der Waals surface area contributed by atoms with E-state index in [4.69, 9.17) is 0 Å². The molecular formula is C15H18BrNO. The molecule has 1 aromatic carbocycles. The molecular weight excluding hydrogens is 290 g/mol. The van der Waals surface area contributed by atoms with Gasteiger partial charge in [0.1, 0.15) is 0 Å². The Labute approximate surface area is 117 Å². The number of carbonyl (C=O) groups excluding carboxylic acids is 1. The molecule has 0 saturated carbocycles. The Bertz CT molecular complexity index is 467. The molecule has 1 heterocycles. The van der Waals surface area contributed by atoms with Gasteiger partial charge in [0.05, 0.1) is 0 Å². The van der Waals surface area contributed by atoms with Gasteiger partial charge in [-0.25, -0.2) is 0 Å². The molecule has 0 atom stereocenters. The summed E-state index contributed by atoms with van der Waals surface area (Å²) >= 11 is 3.43. The molecule has 1 aliphatic heterocycles. The second-order valence-electron chi connectivity index (χ2n) is 4.56. The average molecular weight is 308 g/mol. The van der Waals surface area contributed by atoms with E-state index in [1.807, 2.05) is 36.1 Å². The van der Waals surface area contributed by atoms with Gasteiger partial charge in [-0.3, -0.25) is 4.79 Å². The third kappa shape index (κ3) is 2.83. The van der Waals surface area contributed by atoms with Crippen LogP contribution in [0.15, 0.2) is 36.0 Å². The maximum absolute atomic E-state index is 12.5. The molecule has 0 aromatic heterocycles. The molecule has 3 heteroatoms. The highest BCUT2D eigenvalue weighted by molar-refractivity contribution is 9.09. The summed E-state index contributed by atoms with van der Waals surface area (Å²) < 4.78 is 0. The number of allylic oxidation sites excluding steroid dienone is 2. The molecule has 1 aliphatic rings. The third-order valence-corrected chi connectivity index (χ3v) is 3.86. The van der Waals surface area contributed by atoms with Crippen LogP contribution >= 0.6 is 15.9 Å². The molecule has 0 saturated heterocycles. The molecule has 0 radical (unpaired) electrons. The van der Waals surface area contributed by atoms with Crippen LogP contribution in [0.5, 0.6) is 0 Å². The molecule has 0 aliphatic carbocycles. The zero-order valence-corrected chi connectivity index (χ0v) is 12.2. The zero-order chi connectivity index (χ0) is 13.0. The predicted octanol–water partition coefficient (Wildman–Crippen LogP) is 3.76. The van der Waals surface area contributed by atoms with Crippen LogP contribution in [0.25, 0.3) is 0 Å². The first kappa shape index (κ1) is 13.3. The lowest BCUT2D eigenvalue weighted by Gasteiger charge is -2.22. The lowest BCUT2D eigenvalue weighted by Crippen LogP contribution is -2.30. The van der Waals surface area contributed by atoms with Crippen LogP contribution in [-0.2, 0) is 6.42 Å². The van der Waals surface area contributed by atoms with E-state index in [1.54, 1.807) is 0 Å². The molecule has 2 rings (SSSR count). The van der Waals surface area contributed by atoms with Gasteiger partial charge in [0.15, 0.2) is 0 Å². The second kappa shape index (κ2) is 6.19. The summed E-state index contributed by atoms with van der Waals surface area (Å²) in [6, 6.07) is 7.91. The van der Waals surface area contributed by atoms with E-state index < -0.39 is 0 Å². The van der Waals surface area contributed by atoms with Gasteiger partial charge < -0.3 is 4.90 Å². The minimum absolute atomic E-state index is 0.145. The molecule has 0 spiro atoms. The average Bonchev–Trinajstić information content (AvgIpc) is 2.51. The molecule has 0 fully saturated rings. The Morgan fingerprint density at radius 2 is 2.06 bits per heavy atom. The van der Waals surface area contributed by atoms with Crippen LogP contribution < -0.4 is 0 Å². The third-order valence-electron chi connectivity index (χ3n) is 3.30. The van der Waals surface area contributed by atoms with Gasteiger partial charge in [-0.1, -0.05) is 40.2 Å². The van der Waals surface area contributed by atoms with Crippen molar-refractivity contribution in [2.45, 2.75) is 26.2 Å². The molecule has 96 valence electrons. The number of amides is 1. The fraction of sp³-hybridized carbons (Fsp3) is 0.400. The number of rotatable bonds is 4. The predicted molar refractivity (Wildman–Crippen MR) is 78.0 cm³/mol. The van der Waals surface area contributed by atoms with Crippen LogP contribution in [0.3, 0.4) is 0 Å². The van der Waals surface area contributed by atoms with Crippen LogP contribution in [0.4, 0.5) is 0 Å². The topological polar surface area (TPSA) is 20.3 Å². The number of fused-ring (bicyclic) bond motifs is 1. The zero-order valence-electron chi connectivity index (χ0n) is 10.7. The smallest absolute Gasteiger partial charge is 0.258 e. The standard InChI is InChI=1S/C15H18BrNO/c1-12-8-9-13-6-2-3-7-14(13)15(18)17(12)11-5-4-10-16/h2-3,6-8H,4-5,9-11H2,1H3. The summed E-state index contributed by atoms with van der Waals surface area (Å²) in [6.07, 6.45) is 5.13. The fourth-order valence-electron chi connectivity index (χ4n) is 2.22. The number of benzene rings is 1. The van der Waals surface area contributed by atoms with E-state index >= 15 is 0 Å². The second-order valence-corrected chi connectivity index (χ2v) is 5.35. The van der Waals surface area contributed by atoms with Crippen molar-refractivity contribution < 1.29 is 4.79 Å². The Morgan fingerprint density at radius 1 is 1.28 bits per heavy atom. The quantitative estimate of drug-likeness (QED) is 0.612. The SMILES string of the molecule is CC1=CCc2ccccc2C(=O)N1CCCCBr. The molecule has 0 unspecified atom stereocenters. The minimum atomic E-state index is 0.145. The van der Waals surface area contributed by atoms with Crippen molar-refractivity contribution in [3.8, 4) is 0 Å². The van der Waals surface area contributed by atoms with Crippen LogP contribution in [0, 0.1) is 0 Å². The highest BCUT2D eigenvalue weighted by atomic mass is 79.9. The van der Waals surface area contributed by atoms with Crippen molar-refractivity contribution in [1.29, 1.82) is 0 Å². The normalized spacial score (nSPS) is 15.1. The van der Waals surface area contributed by atoms with Crippen molar-refractivity contribution >= 4 is 21.8 Å². The van der Waals surface area contributed by atoms with Crippen molar-refractivity contribution in [3.63, 3.8) is 0 Å². The number of unbranched alkanes of at least 4 members (excludes halogenated alkanes) is 1. The van der Waals surface area contributed by atoms with Gasteiger partial charge in [0.2, 0.25) is 0 Å². The summed E-state index contributed by atoms with van der Waals surface area (Å²) in [5.41, 5.74) is 3.06. The van der Waals surface area contributed by atoms with Crippen molar-refractivity contribution in [1.82, 2.24) is 4.90 Å². The monoisotopic (exact) mass is 307 g/mol. The maximum atomic E-state index is 12.5. The van der Waals surface area contributed by atoms with Crippen LogP contribution in [0.2, 0.25) is 0 Å². The Balaban J connectivity index is 2.22. The van der Waals surface area contributed by atoms with Gasteiger partial charge >= 0.3 is 0 Å². The molecule has 18 heavy (non-hydrogen) atoms. The first-order valence-corrected chi connectivity index (χ1v) is 7.48. The highest BCUT2D eigenvalue weighted by Gasteiger charge is 2.21. The summed E-state index contributed by atoms with van der Waals surface area (Å²) in [6.45, 7) is 2.83.